The molecule has 0 aliphatic heterocycles. The lowest BCUT2D eigenvalue weighted by atomic mass is 10.0. The van der Waals surface area contributed by atoms with Gasteiger partial charge in [-0.3, -0.25) is 4.98 Å². The molecule has 4 rings (SSSR count). The first kappa shape index (κ1) is 17.0. The standard InChI is InChI=1S/C17H13F3N6O/c1-2-26-14-11(9-4-3-5-10(6-9)17(18,19)20)7-22-8-12(14)23-16(26)13-15(21)25-27-24-13/h3-8H,2H2,1H3,(H2,21,25). The van der Waals surface area contributed by atoms with E-state index in [1.54, 1.807) is 10.6 Å². The number of nitrogens with zero attached hydrogens (tertiary/aromatic N) is 5. The SMILES string of the molecule is CCn1c(-c2nonc2N)nc2cncc(-c3cccc(C(F)(F)F)c3)c21. The molecule has 1 aromatic carbocycles. The van der Waals surface area contributed by atoms with Crippen LogP contribution in [0, 0.1) is 0 Å². The average Bonchev–Trinajstić information content (AvgIpc) is 3.23. The van der Waals surface area contributed by atoms with Crippen LogP contribution in [0.1, 0.15) is 12.5 Å². The van der Waals surface area contributed by atoms with Crippen molar-refractivity contribution in [3.05, 3.63) is 42.2 Å². The predicted octanol–water partition coefficient (Wildman–Crippen LogP) is 3.77. The van der Waals surface area contributed by atoms with Crippen molar-refractivity contribution in [3.63, 3.8) is 0 Å². The highest BCUT2D eigenvalue weighted by molar-refractivity contribution is 5.94. The van der Waals surface area contributed by atoms with Gasteiger partial charge < -0.3 is 10.3 Å². The van der Waals surface area contributed by atoms with Crippen LogP contribution in [0.5, 0.6) is 0 Å². The minimum absolute atomic E-state index is 0.0774. The van der Waals surface area contributed by atoms with E-state index in [-0.39, 0.29) is 11.5 Å². The van der Waals surface area contributed by atoms with Crippen LogP contribution in [-0.4, -0.2) is 24.8 Å². The van der Waals surface area contributed by atoms with Crippen molar-refractivity contribution >= 4 is 16.9 Å². The number of fused-ring (bicyclic) bond motifs is 1. The van der Waals surface area contributed by atoms with E-state index in [4.69, 9.17) is 5.73 Å². The van der Waals surface area contributed by atoms with Crippen LogP contribution in [-0.2, 0) is 12.7 Å². The van der Waals surface area contributed by atoms with Gasteiger partial charge in [0.1, 0.15) is 5.52 Å². The lowest BCUT2D eigenvalue weighted by Gasteiger charge is -2.11. The molecule has 2 N–H and O–H groups in total. The Morgan fingerprint density at radius 3 is 2.67 bits per heavy atom. The molecule has 0 spiro atoms. The summed E-state index contributed by atoms with van der Waals surface area (Å²) in [5.41, 5.74) is 7.35. The summed E-state index contributed by atoms with van der Waals surface area (Å²) in [5.74, 6) is 0.487. The fourth-order valence-electron chi connectivity index (χ4n) is 3.00. The smallest absolute Gasteiger partial charge is 0.379 e. The van der Waals surface area contributed by atoms with Gasteiger partial charge in [0.2, 0.25) is 0 Å². The number of nitrogen functional groups attached to an aromatic ring is 1. The molecule has 4 aromatic rings. The van der Waals surface area contributed by atoms with Crippen LogP contribution in [0.2, 0.25) is 0 Å². The van der Waals surface area contributed by atoms with E-state index >= 15 is 0 Å². The molecule has 0 unspecified atom stereocenters. The summed E-state index contributed by atoms with van der Waals surface area (Å²) in [6.07, 6.45) is -1.39. The maximum atomic E-state index is 13.1. The third-order valence-electron chi connectivity index (χ3n) is 4.19. The molecule has 27 heavy (non-hydrogen) atoms. The lowest BCUT2D eigenvalue weighted by Crippen LogP contribution is -2.05. The number of anilines is 1. The van der Waals surface area contributed by atoms with E-state index in [1.807, 2.05) is 6.92 Å². The minimum Gasteiger partial charge on any atom is -0.379 e. The van der Waals surface area contributed by atoms with E-state index < -0.39 is 11.7 Å². The Morgan fingerprint density at radius 1 is 1.19 bits per heavy atom. The normalized spacial score (nSPS) is 12.0. The number of pyridine rings is 1. The number of benzene rings is 1. The summed E-state index contributed by atoms with van der Waals surface area (Å²) in [4.78, 5) is 8.61. The van der Waals surface area contributed by atoms with Crippen molar-refractivity contribution in [1.29, 1.82) is 0 Å². The third kappa shape index (κ3) is 2.78. The second-order valence-corrected chi connectivity index (χ2v) is 5.81. The van der Waals surface area contributed by atoms with Gasteiger partial charge in [0.25, 0.3) is 0 Å². The number of hydrogen-bond acceptors (Lipinski definition) is 6. The highest BCUT2D eigenvalue weighted by Crippen LogP contribution is 2.36. The molecular weight excluding hydrogens is 361 g/mol. The van der Waals surface area contributed by atoms with Crippen molar-refractivity contribution in [2.24, 2.45) is 0 Å². The van der Waals surface area contributed by atoms with E-state index in [9.17, 15) is 13.2 Å². The molecule has 10 heteroatoms. The average molecular weight is 374 g/mol. The van der Waals surface area contributed by atoms with Crippen LogP contribution < -0.4 is 5.73 Å². The quantitative estimate of drug-likeness (QED) is 0.586. The number of aryl methyl sites for hydroxylation is 1. The predicted molar refractivity (Wildman–Crippen MR) is 91.3 cm³/mol. The number of nitrogens with two attached hydrogens (primary N) is 1. The number of hydrogen-bond donors (Lipinski definition) is 1. The van der Waals surface area contributed by atoms with Gasteiger partial charge in [0, 0.05) is 18.3 Å². The van der Waals surface area contributed by atoms with Crippen molar-refractivity contribution in [3.8, 4) is 22.6 Å². The fourth-order valence-corrected chi connectivity index (χ4v) is 3.00. The molecule has 0 saturated heterocycles. The van der Waals surface area contributed by atoms with Gasteiger partial charge >= 0.3 is 6.18 Å². The Balaban J connectivity index is 1.98. The summed E-state index contributed by atoms with van der Waals surface area (Å²) in [7, 11) is 0. The van der Waals surface area contributed by atoms with Gasteiger partial charge in [-0.1, -0.05) is 12.1 Å². The van der Waals surface area contributed by atoms with Gasteiger partial charge in [0.05, 0.1) is 17.3 Å². The zero-order chi connectivity index (χ0) is 19.2. The Kier molecular flexibility index (Phi) is 3.83. The molecule has 0 amide bonds. The number of rotatable bonds is 3. The van der Waals surface area contributed by atoms with E-state index in [2.05, 4.69) is 24.9 Å². The monoisotopic (exact) mass is 374 g/mol. The summed E-state index contributed by atoms with van der Waals surface area (Å²) in [6.45, 7) is 2.36. The Hall–Kier alpha value is -3.43. The van der Waals surface area contributed by atoms with Gasteiger partial charge in [-0.05, 0) is 34.9 Å². The topological polar surface area (TPSA) is 95.7 Å². The first-order chi connectivity index (χ1) is 12.9. The molecule has 0 fully saturated rings. The van der Waals surface area contributed by atoms with Crippen LogP contribution in [0.25, 0.3) is 33.7 Å². The maximum absolute atomic E-state index is 13.1. The van der Waals surface area contributed by atoms with Crippen molar-refractivity contribution in [1.82, 2.24) is 24.8 Å². The number of halogens is 3. The molecule has 3 heterocycles. The van der Waals surface area contributed by atoms with Gasteiger partial charge in [-0.2, -0.15) is 13.2 Å². The molecule has 0 saturated carbocycles. The van der Waals surface area contributed by atoms with Gasteiger partial charge in [-0.25, -0.2) is 9.61 Å². The highest BCUT2D eigenvalue weighted by Gasteiger charge is 2.31. The Labute approximate surface area is 150 Å². The number of imidazole rings is 1. The van der Waals surface area contributed by atoms with Crippen molar-refractivity contribution in [2.75, 3.05) is 5.73 Å². The van der Waals surface area contributed by atoms with Crippen LogP contribution in [0.3, 0.4) is 0 Å². The third-order valence-corrected chi connectivity index (χ3v) is 4.19. The Bertz CT molecular complexity index is 1130. The molecule has 0 aliphatic rings. The second-order valence-electron chi connectivity index (χ2n) is 5.81. The van der Waals surface area contributed by atoms with E-state index in [1.165, 1.54) is 18.5 Å². The number of aromatic nitrogens is 5. The zero-order valence-electron chi connectivity index (χ0n) is 14.0. The molecule has 0 bridgehead atoms. The summed E-state index contributed by atoms with van der Waals surface area (Å²) in [6, 6.07) is 5.09. The highest BCUT2D eigenvalue weighted by atomic mass is 19.4. The second kappa shape index (κ2) is 6.08. The molecule has 138 valence electrons. The van der Waals surface area contributed by atoms with E-state index in [0.717, 1.165) is 12.1 Å². The molecule has 3 aromatic heterocycles. The summed E-state index contributed by atoms with van der Waals surface area (Å²) >= 11 is 0. The minimum atomic E-state index is -4.44. The van der Waals surface area contributed by atoms with Crippen LogP contribution in [0.15, 0.2) is 41.3 Å². The van der Waals surface area contributed by atoms with Crippen molar-refractivity contribution < 1.29 is 17.8 Å². The van der Waals surface area contributed by atoms with Crippen LogP contribution in [0.4, 0.5) is 19.0 Å². The fraction of sp³-hybridized carbons (Fsp3) is 0.176. The lowest BCUT2D eigenvalue weighted by molar-refractivity contribution is -0.137. The van der Waals surface area contributed by atoms with E-state index in [0.29, 0.717) is 34.5 Å². The maximum Gasteiger partial charge on any atom is 0.416 e. The van der Waals surface area contributed by atoms with Gasteiger partial charge in [-0.15, -0.1) is 0 Å². The molecule has 0 radical (unpaired) electrons. The molecular formula is C17H13F3N6O. The molecule has 7 nitrogen and oxygen atoms in total. The zero-order valence-corrected chi connectivity index (χ0v) is 14.0. The molecule has 0 aliphatic carbocycles. The molecule has 0 atom stereocenters. The number of alkyl halides is 3. The van der Waals surface area contributed by atoms with Crippen molar-refractivity contribution in [2.45, 2.75) is 19.6 Å². The first-order valence-electron chi connectivity index (χ1n) is 8.00. The summed E-state index contributed by atoms with van der Waals surface area (Å²) in [5, 5.41) is 7.33. The van der Waals surface area contributed by atoms with Gasteiger partial charge in [0.15, 0.2) is 17.3 Å². The summed E-state index contributed by atoms with van der Waals surface area (Å²) < 4.78 is 45.8. The van der Waals surface area contributed by atoms with Crippen LogP contribution >= 0.6 is 0 Å². The largest absolute Gasteiger partial charge is 0.416 e. The first-order valence-corrected chi connectivity index (χ1v) is 8.00. The Morgan fingerprint density at radius 2 is 2.00 bits per heavy atom.